The van der Waals surface area contributed by atoms with Crippen molar-refractivity contribution in [1.29, 1.82) is 0 Å². The summed E-state index contributed by atoms with van der Waals surface area (Å²) in [6.45, 7) is 6.53. The van der Waals surface area contributed by atoms with Gasteiger partial charge in [0.2, 0.25) is 0 Å². The summed E-state index contributed by atoms with van der Waals surface area (Å²) >= 11 is 0. The predicted octanol–water partition coefficient (Wildman–Crippen LogP) is 8.42. The van der Waals surface area contributed by atoms with Crippen molar-refractivity contribution in [2.24, 2.45) is 0 Å². The van der Waals surface area contributed by atoms with Gasteiger partial charge in [-0.2, -0.15) is 0 Å². The highest BCUT2D eigenvalue weighted by atomic mass is 15.0. The number of pyridine rings is 2. The van der Waals surface area contributed by atoms with Gasteiger partial charge in [0.15, 0.2) is 17.5 Å². The molecule has 7 aromatic rings. The van der Waals surface area contributed by atoms with E-state index in [-0.39, 0.29) is 5.41 Å². The molecule has 0 bridgehead atoms. The molecule has 4 aromatic carbocycles. The molecule has 0 unspecified atom stereocenters. The lowest BCUT2D eigenvalue weighted by molar-refractivity contribution is 0.571. The Bertz CT molecular complexity index is 2040. The third-order valence-electron chi connectivity index (χ3n) is 7.22. The summed E-state index contributed by atoms with van der Waals surface area (Å²) in [5.41, 5.74) is 5.26. The molecule has 5 heteroatoms. The van der Waals surface area contributed by atoms with Crippen LogP contribution in [-0.4, -0.2) is 24.9 Å². The zero-order valence-electron chi connectivity index (χ0n) is 22.6. The Labute approximate surface area is 232 Å². The number of fused-ring (bicyclic) bond motifs is 4. The standard InChI is InChI=1S/C35H27N5/c1-35(2,3)29-21-19-24-17-16-23-18-20-28(36-30(23)31(24)37-29)34-39-32(25-11-5-4-6-12-25)38-33(40-34)27-15-9-13-22-10-7-8-14-26(22)27/h4-21H,1-3H3. The van der Waals surface area contributed by atoms with Gasteiger partial charge in [0.1, 0.15) is 5.69 Å². The number of rotatable bonds is 3. The van der Waals surface area contributed by atoms with Crippen molar-refractivity contribution in [3.8, 4) is 34.3 Å². The van der Waals surface area contributed by atoms with E-state index in [9.17, 15) is 0 Å². The zero-order valence-corrected chi connectivity index (χ0v) is 22.6. The van der Waals surface area contributed by atoms with Gasteiger partial charge in [-0.15, -0.1) is 0 Å². The molecule has 0 saturated carbocycles. The first kappa shape index (κ1) is 24.0. The molecule has 40 heavy (non-hydrogen) atoms. The Morgan fingerprint density at radius 1 is 0.450 bits per heavy atom. The Morgan fingerprint density at radius 2 is 1.07 bits per heavy atom. The second kappa shape index (κ2) is 9.31. The van der Waals surface area contributed by atoms with Crippen molar-refractivity contribution in [3.05, 3.63) is 115 Å². The number of aromatic nitrogens is 5. The second-order valence-corrected chi connectivity index (χ2v) is 11.1. The van der Waals surface area contributed by atoms with E-state index in [1.165, 1.54) is 0 Å². The van der Waals surface area contributed by atoms with Gasteiger partial charge in [-0.3, -0.25) is 0 Å². The summed E-state index contributed by atoms with van der Waals surface area (Å²) in [6, 6.07) is 37.0. The molecule has 192 valence electrons. The first-order valence-electron chi connectivity index (χ1n) is 13.5. The number of hydrogen-bond acceptors (Lipinski definition) is 5. The Kier molecular flexibility index (Phi) is 5.60. The SMILES string of the molecule is CC(C)(C)c1ccc2ccc3ccc(-c4nc(-c5ccccc5)nc(-c5cccc6ccccc56)n4)nc3c2n1. The summed E-state index contributed by atoms with van der Waals surface area (Å²) in [6.07, 6.45) is 0. The molecule has 0 saturated heterocycles. The largest absolute Gasteiger partial charge is 0.250 e. The molecule has 3 heterocycles. The van der Waals surface area contributed by atoms with Crippen molar-refractivity contribution in [1.82, 2.24) is 24.9 Å². The maximum absolute atomic E-state index is 5.11. The van der Waals surface area contributed by atoms with Gasteiger partial charge in [-0.05, 0) is 22.9 Å². The van der Waals surface area contributed by atoms with Crippen LogP contribution < -0.4 is 0 Å². The quantitative estimate of drug-likeness (QED) is 0.220. The van der Waals surface area contributed by atoms with E-state index in [4.69, 9.17) is 24.9 Å². The smallest absolute Gasteiger partial charge is 0.182 e. The van der Waals surface area contributed by atoms with Crippen LogP contribution in [0.2, 0.25) is 0 Å². The molecule has 0 aliphatic rings. The topological polar surface area (TPSA) is 64.5 Å². The highest BCUT2D eigenvalue weighted by molar-refractivity contribution is 6.03. The van der Waals surface area contributed by atoms with Crippen LogP contribution in [0.15, 0.2) is 109 Å². The second-order valence-electron chi connectivity index (χ2n) is 11.1. The molecule has 0 spiro atoms. The van der Waals surface area contributed by atoms with E-state index >= 15 is 0 Å². The van der Waals surface area contributed by atoms with Gasteiger partial charge in [0, 0.05) is 33.0 Å². The van der Waals surface area contributed by atoms with Crippen molar-refractivity contribution in [2.45, 2.75) is 26.2 Å². The molecule has 3 aromatic heterocycles. The zero-order chi connectivity index (χ0) is 27.3. The van der Waals surface area contributed by atoms with Crippen LogP contribution in [0.1, 0.15) is 26.5 Å². The van der Waals surface area contributed by atoms with Gasteiger partial charge < -0.3 is 0 Å². The molecular formula is C35H27N5. The van der Waals surface area contributed by atoms with Gasteiger partial charge in [-0.25, -0.2) is 24.9 Å². The minimum atomic E-state index is -0.0693. The molecule has 0 aliphatic heterocycles. The van der Waals surface area contributed by atoms with E-state index in [0.29, 0.717) is 23.2 Å². The van der Waals surface area contributed by atoms with Crippen molar-refractivity contribution >= 4 is 32.6 Å². The van der Waals surface area contributed by atoms with Crippen LogP contribution in [-0.2, 0) is 5.41 Å². The fourth-order valence-corrected chi connectivity index (χ4v) is 5.06. The third-order valence-corrected chi connectivity index (χ3v) is 7.22. The summed E-state index contributed by atoms with van der Waals surface area (Å²) in [4.78, 5) is 25.0. The molecule has 0 fully saturated rings. The highest BCUT2D eigenvalue weighted by Crippen LogP contribution is 2.31. The van der Waals surface area contributed by atoms with Crippen LogP contribution >= 0.6 is 0 Å². The first-order chi connectivity index (χ1) is 19.4. The van der Waals surface area contributed by atoms with E-state index in [1.807, 2.05) is 54.6 Å². The maximum Gasteiger partial charge on any atom is 0.182 e. The molecular weight excluding hydrogens is 490 g/mol. The molecule has 7 rings (SSSR count). The monoisotopic (exact) mass is 517 g/mol. The normalized spacial score (nSPS) is 11.9. The number of nitrogens with zero attached hydrogens (tertiary/aromatic N) is 5. The lowest BCUT2D eigenvalue weighted by Gasteiger charge is -2.18. The van der Waals surface area contributed by atoms with Crippen LogP contribution in [0.25, 0.3) is 66.9 Å². The summed E-state index contributed by atoms with van der Waals surface area (Å²) in [5.74, 6) is 1.76. The lowest BCUT2D eigenvalue weighted by Crippen LogP contribution is -2.13. The van der Waals surface area contributed by atoms with Gasteiger partial charge in [0.05, 0.1) is 11.0 Å². The third kappa shape index (κ3) is 4.26. The van der Waals surface area contributed by atoms with Crippen molar-refractivity contribution in [3.63, 3.8) is 0 Å². The fourth-order valence-electron chi connectivity index (χ4n) is 5.06. The Hall–Kier alpha value is -5.03. The molecule has 5 nitrogen and oxygen atoms in total. The van der Waals surface area contributed by atoms with Crippen molar-refractivity contribution < 1.29 is 0 Å². The van der Waals surface area contributed by atoms with Crippen LogP contribution in [0, 0.1) is 0 Å². The predicted molar refractivity (Wildman–Crippen MR) is 163 cm³/mol. The van der Waals surface area contributed by atoms with Crippen LogP contribution in [0.4, 0.5) is 0 Å². The molecule has 0 amide bonds. The van der Waals surface area contributed by atoms with Crippen molar-refractivity contribution in [2.75, 3.05) is 0 Å². The lowest BCUT2D eigenvalue weighted by atomic mass is 9.91. The Morgan fingerprint density at radius 3 is 1.88 bits per heavy atom. The minimum Gasteiger partial charge on any atom is -0.250 e. The van der Waals surface area contributed by atoms with Gasteiger partial charge in [0.25, 0.3) is 0 Å². The molecule has 0 radical (unpaired) electrons. The Balaban J connectivity index is 1.48. The average Bonchev–Trinajstić information content (AvgIpc) is 3.00. The fraction of sp³-hybridized carbons (Fsp3) is 0.114. The van der Waals surface area contributed by atoms with E-state index in [2.05, 4.69) is 75.4 Å². The first-order valence-corrected chi connectivity index (χ1v) is 13.5. The number of benzene rings is 4. The molecule has 0 aliphatic carbocycles. The van der Waals surface area contributed by atoms with Crippen LogP contribution in [0.5, 0.6) is 0 Å². The van der Waals surface area contributed by atoms with Crippen LogP contribution in [0.3, 0.4) is 0 Å². The molecule has 0 atom stereocenters. The maximum atomic E-state index is 5.11. The molecule has 0 N–H and O–H groups in total. The highest BCUT2D eigenvalue weighted by Gasteiger charge is 2.18. The number of hydrogen-bond donors (Lipinski definition) is 0. The summed E-state index contributed by atoms with van der Waals surface area (Å²) < 4.78 is 0. The minimum absolute atomic E-state index is 0.0693. The average molecular weight is 518 g/mol. The van der Waals surface area contributed by atoms with Gasteiger partial charge in [-0.1, -0.05) is 118 Å². The summed E-state index contributed by atoms with van der Waals surface area (Å²) in [7, 11) is 0. The summed E-state index contributed by atoms with van der Waals surface area (Å²) in [5, 5.41) is 4.32. The van der Waals surface area contributed by atoms with E-state index in [1.54, 1.807) is 0 Å². The van der Waals surface area contributed by atoms with E-state index < -0.39 is 0 Å². The van der Waals surface area contributed by atoms with E-state index in [0.717, 1.165) is 49.4 Å². The van der Waals surface area contributed by atoms with Gasteiger partial charge >= 0.3 is 0 Å².